The molecule has 100 valence electrons. The number of hydrogen-bond acceptors (Lipinski definition) is 3. The lowest BCUT2D eigenvalue weighted by molar-refractivity contribution is -0.147. The molecular weight excluding hydrogens is 214 g/mol. The van der Waals surface area contributed by atoms with Crippen LogP contribution in [0, 0.1) is 0 Å². The fraction of sp³-hybridized carbons (Fsp3) is 0.929. The Morgan fingerprint density at radius 1 is 0.882 bits per heavy atom. The number of ether oxygens (including phenoxy) is 1. The number of carbonyl (C=O) groups excluding carboxylic acids is 1. The molecule has 0 spiro atoms. The van der Waals surface area contributed by atoms with Gasteiger partial charge >= 0.3 is 5.97 Å². The highest BCUT2D eigenvalue weighted by atomic mass is 16.5. The summed E-state index contributed by atoms with van der Waals surface area (Å²) < 4.78 is 5.16. The predicted molar refractivity (Wildman–Crippen MR) is 69.7 cm³/mol. The first kappa shape index (κ1) is 14.5. The fourth-order valence-electron chi connectivity index (χ4n) is 2.48. The molecule has 2 rings (SSSR count). The van der Waals surface area contributed by atoms with E-state index in [2.05, 4.69) is 0 Å². The summed E-state index contributed by atoms with van der Waals surface area (Å²) in [6.07, 6.45) is 14.6. The second kappa shape index (κ2) is 9.46. The van der Waals surface area contributed by atoms with E-state index in [1.54, 1.807) is 0 Å². The summed E-state index contributed by atoms with van der Waals surface area (Å²) in [5.41, 5.74) is 5.15. The SMILES string of the molecule is C1CCCC1.NCC(=O)OC1CCCCCC1. The monoisotopic (exact) mass is 241 g/mol. The maximum absolute atomic E-state index is 10.8. The lowest BCUT2D eigenvalue weighted by atomic mass is 10.1. The minimum atomic E-state index is -0.262. The van der Waals surface area contributed by atoms with Crippen LogP contribution in [0.15, 0.2) is 0 Å². The van der Waals surface area contributed by atoms with Crippen molar-refractivity contribution < 1.29 is 9.53 Å². The Balaban J connectivity index is 0.000000239. The summed E-state index contributed by atoms with van der Waals surface area (Å²) in [4.78, 5) is 10.8. The highest BCUT2D eigenvalue weighted by Gasteiger charge is 2.15. The van der Waals surface area contributed by atoms with Gasteiger partial charge in [0.25, 0.3) is 0 Å². The molecule has 0 heterocycles. The second-order valence-electron chi connectivity index (χ2n) is 5.08. The molecule has 2 saturated carbocycles. The smallest absolute Gasteiger partial charge is 0.319 e. The zero-order valence-electron chi connectivity index (χ0n) is 11.0. The Labute approximate surface area is 105 Å². The quantitative estimate of drug-likeness (QED) is 0.597. The number of esters is 1. The summed E-state index contributed by atoms with van der Waals surface area (Å²) in [5, 5.41) is 0. The van der Waals surface area contributed by atoms with E-state index in [1.165, 1.54) is 57.8 Å². The van der Waals surface area contributed by atoms with Gasteiger partial charge in [0, 0.05) is 0 Å². The van der Waals surface area contributed by atoms with Gasteiger partial charge < -0.3 is 10.5 Å². The molecule has 2 N–H and O–H groups in total. The Morgan fingerprint density at radius 3 is 1.71 bits per heavy atom. The Kier molecular flexibility index (Phi) is 8.06. The topological polar surface area (TPSA) is 52.3 Å². The molecule has 3 heteroatoms. The van der Waals surface area contributed by atoms with Gasteiger partial charge in [0.1, 0.15) is 6.10 Å². The molecule has 2 aliphatic carbocycles. The van der Waals surface area contributed by atoms with Gasteiger partial charge in [-0.25, -0.2) is 0 Å². The van der Waals surface area contributed by atoms with Crippen molar-refractivity contribution in [2.45, 2.75) is 76.7 Å². The Morgan fingerprint density at radius 2 is 1.29 bits per heavy atom. The van der Waals surface area contributed by atoms with Crippen molar-refractivity contribution in [2.24, 2.45) is 5.73 Å². The van der Waals surface area contributed by atoms with Crippen molar-refractivity contribution >= 4 is 5.97 Å². The van der Waals surface area contributed by atoms with Gasteiger partial charge in [-0.15, -0.1) is 0 Å². The lowest BCUT2D eigenvalue weighted by Gasteiger charge is -2.14. The van der Waals surface area contributed by atoms with Crippen molar-refractivity contribution in [2.75, 3.05) is 6.54 Å². The van der Waals surface area contributed by atoms with Gasteiger partial charge in [-0.05, 0) is 25.7 Å². The van der Waals surface area contributed by atoms with Gasteiger partial charge in [0.05, 0.1) is 6.54 Å². The molecule has 2 fully saturated rings. The standard InChI is InChI=1S/C9H17NO2.C5H10/c10-7-9(11)12-8-5-3-1-2-4-6-8;1-2-4-5-3-1/h8H,1-7,10H2;1-5H2. The highest BCUT2D eigenvalue weighted by Crippen LogP contribution is 2.19. The maximum Gasteiger partial charge on any atom is 0.319 e. The van der Waals surface area contributed by atoms with Crippen LogP contribution in [0.25, 0.3) is 0 Å². The zero-order valence-corrected chi connectivity index (χ0v) is 11.0. The molecule has 0 radical (unpaired) electrons. The normalized spacial score (nSPS) is 21.2. The van der Waals surface area contributed by atoms with Crippen LogP contribution in [0.4, 0.5) is 0 Å². The maximum atomic E-state index is 10.8. The molecule has 3 nitrogen and oxygen atoms in total. The fourth-order valence-corrected chi connectivity index (χ4v) is 2.48. The van der Waals surface area contributed by atoms with Gasteiger partial charge in [-0.3, -0.25) is 4.79 Å². The lowest BCUT2D eigenvalue weighted by Crippen LogP contribution is -2.23. The summed E-state index contributed by atoms with van der Waals surface area (Å²) in [7, 11) is 0. The molecule has 0 unspecified atom stereocenters. The summed E-state index contributed by atoms with van der Waals surface area (Å²) in [6.45, 7) is 0.0104. The van der Waals surface area contributed by atoms with E-state index in [4.69, 9.17) is 10.5 Å². The van der Waals surface area contributed by atoms with Crippen molar-refractivity contribution in [1.82, 2.24) is 0 Å². The third-order valence-corrected chi connectivity index (χ3v) is 3.52. The van der Waals surface area contributed by atoms with Crippen LogP contribution in [0.1, 0.15) is 70.6 Å². The minimum absolute atomic E-state index is 0.0104. The van der Waals surface area contributed by atoms with E-state index in [0.29, 0.717) is 0 Å². The van der Waals surface area contributed by atoms with E-state index < -0.39 is 0 Å². The Bertz CT molecular complexity index is 187. The van der Waals surface area contributed by atoms with E-state index in [9.17, 15) is 4.79 Å². The number of hydrogen-bond donors (Lipinski definition) is 1. The molecule has 0 atom stereocenters. The summed E-state index contributed by atoms with van der Waals surface area (Å²) in [6, 6.07) is 0. The molecule has 0 saturated heterocycles. The van der Waals surface area contributed by atoms with Crippen molar-refractivity contribution in [3.63, 3.8) is 0 Å². The van der Waals surface area contributed by atoms with Crippen LogP contribution < -0.4 is 5.73 Å². The van der Waals surface area contributed by atoms with Gasteiger partial charge in [0.15, 0.2) is 0 Å². The zero-order chi connectivity index (χ0) is 12.3. The first-order valence-electron chi connectivity index (χ1n) is 7.22. The van der Waals surface area contributed by atoms with Gasteiger partial charge in [-0.1, -0.05) is 44.9 Å². The van der Waals surface area contributed by atoms with Crippen LogP contribution in [0.5, 0.6) is 0 Å². The molecule has 0 aromatic carbocycles. The van der Waals surface area contributed by atoms with Crippen molar-refractivity contribution in [1.29, 1.82) is 0 Å². The minimum Gasteiger partial charge on any atom is -0.461 e. The van der Waals surface area contributed by atoms with Crippen molar-refractivity contribution in [3.05, 3.63) is 0 Å². The average molecular weight is 241 g/mol. The van der Waals surface area contributed by atoms with Crippen LogP contribution in [-0.2, 0) is 9.53 Å². The molecule has 0 bridgehead atoms. The summed E-state index contributed by atoms with van der Waals surface area (Å²) in [5.74, 6) is -0.262. The van der Waals surface area contributed by atoms with E-state index >= 15 is 0 Å². The number of carbonyl (C=O) groups is 1. The number of nitrogens with two attached hydrogens (primary N) is 1. The largest absolute Gasteiger partial charge is 0.461 e. The van der Waals surface area contributed by atoms with Crippen LogP contribution in [0.2, 0.25) is 0 Å². The van der Waals surface area contributed by atoms with E-state index in [-0.39, 0.29) is 18.6 Å². The first-order valence-corrected chi connectivity index (χ1v) is 7.22. The first-order chi connectivity index (χ1) is 8.33. The van der Waals surface area contributed by atoms with Crippen LogP contribution in [-0.4, -0.2) is 18.6 Å². The molecule has 17 heavy (non-hydrogen) atoms. The third-order valence-electron chi connectivity index (χ3n) is 3.52. The van der Waals surface area contributed by atoms with Crippen LogP contribution in [0.3, 0.4) is 0 Å². The molecular formula is C14H27NO2. The molecule has 0 aromatic heterocycles. The molecule has 0 aliphatic heterocycles. The molecule has 0 aromatic rings. The average Bonchev–Trinajstić information content (AvgIpc) is 2.83. The third kappa shape index (κ3) is 7.37. The van der Waals surface area contributed by atoms with Gasteiger partial charge in [0.2, 0.25) is 0 Å². The van der Waals surface area contributed by atoms with Gasteiger partial charge in [-0.2, -0.15) is 0 Å². The summed E-state index contributed by atoms with van der Waals surface area (Å²) >= 11 is 0. The molecule has 2 aliphatic rings. The highest BCUT2D eigenvalue weighted by molar-refractivity contribution is 5.71. The van der Waals surface area contributed by atoms with Crippen molar-refractivity contribution in [3.8, 4) is 0 Å². The second-order valence-corrected chi connectivity index (χ2v) is 5.08. The predicted octanol–water partition coefficient (Wildman–Crippen LogP) is 3.16. The molecule has 0 amide bonds. The van der Waals surface area contributed by atoms with E-state index in [1.807, 2.05) is 0 Å². The van der Waals surface area contributed by atoms with Crippen LogP contribution >= 0.6 is 0 Å². The number of rotatable bonds is 2. The van der Waals surface area contributed by atoms with E-state index in [0.717, 1.165) is 12.8 Å². The Hall–Kier alpha value is -0.570.